The molecule has 5 rings (SSSR count). The zero-order valence-corrected chi connectivity index (χ0v) is 25.0. The van der Waals surface area contributed by atoms with E-state index in [0.29, 0.717) is 16.6 Å². The standard InChI is InChI=1S/C30H29BrFN5O5/c1-39-24-7-5-6-21(28(24)32)27(22-13-18-12-20(31)8-9-23(18)35-29(22)42-4)30(38,10-11-37-17-33-16-34-37)19-14-25(40-2)36-26(15-19)41-3/h5-9,12-17,27,38H,10-11H2,1-4H3. The summed E-state index contributed by atoms with van der Waals surface area (Å²) in [5.41, 5.74) is -0.167. The summed E-state index contributed by atoms with van der Waals surface area (Å²) in [4.78, 5) is 13.1. The van der Waals surface area contributed by atoms with E-state index in [1.165, 1.54) is 40.8 Å². The van der Waals surface area contributed by atoms with Gasteiger partial charge in [0.05, 0.1) is 39.9 Å². The van der Waals surface area contributed by atoms with E-state index in [4.69, 9.17) is 23.9 Å². The van der Waals surface area contributed by atoms with Crippen LogP contribution in [0.15, 0.2) is 71.7 Å². The van der Waals surface area contributed by atoms with Crippen molar-refractivity contribution in [2.24, 2.45) is 0 Å². The van der Waals surface area contributed by atoms with Crippen LogP contribution in [-0.4, -0.2) is 58.3 Å². The molecule has 0 bridgehead atoms. The van der Waals surface area contributed by atoms with Gasteiger partial charge in [0.25, 0.3) is 0 Å². The van der Waals surface area contributed by atoms with Crippen molar-refractivity contribution in [1.29, 1.82) is 0 Å². The van der Waals surface area contributed by atoms with E-state index in [2.05, 4.69) is 31.0 Å². The first-order valence-electron chi connectivity index (χ1n) is 12.9. The second-order valence-corrected chi connectivity index (χ2v) is 10.4. The molecule has 3 heterocycles. The summed E-state index contributed by atoms with van der Waals surface area (Å²) in [6, 6.07) is 15.5. The lowest BCUT2D eigenvalue weighted by Gasteiger charge is -2.38. The molecule has 0 aliphatic heterocycles. The molecule has 0 fully saturated rings. The van der Waals surface area contributed by atoms with Crippen LogP contribution in [0.1, 0.15) is 29.0 Å². The SMILES string of the molecule is COc1cc(C(O)(CCn2cncn2)C(c2cc3cc(Br)ccc3nc2OC)c2cccc(OC)c2F)cc(OC)n1. The van der Waals surface area contributed by atoms with Crippen LogP contribution >= 0.6 is 15.9 Å². The van der Waals surface area contributed by atoms with Crippen LogP contribution in [0.25, 0.3) is 10.9 Å². The van der Waals surface area contributed by atoms with Crippen molar-refractivity contribution >= 4 is 26.8 Å². The van der Waals surface area contributed by atoms with Gasteiger partial charge in [-0.15, -0.1) is 0 Å². The maximum absolute atomic E-state index is 16.3. The zero-order chi connectivity index (χ0) is 29.9. The Morgan fingerprint density at radius 3 is 2.33 bits per heavy atom. The molecule has 2 atom stereocenters. The van der Waals surface area contributed by atoms with Crippen molar-refractivity contribution in [3.63, 3.8) is 0 Å². The van der Waals surface area contributed by atoms with Gasteiger partial charge in [-0.2, -0.15) is 10.1 Å². The molecule has 0 spiro atoms. The highest BCUT2D eigenvalue weighted by Gasteiger charge is 2.44. The minimum Gasteiger partial charge on any atom is -0.494 e. The number of aryl methyl sites for hydroxylation is 1. The van der Waals surface area contributed by atoms with Gasteiger partial charge in [-0.1, -0.05) is 28.1 Å². The molecule has 0 aliphatic carbocycles. The highest BCUT2D eigenvalue weighted by molar-refractivity contribution is 9.10. The van der Waals surface area contributed by atoms with E-state index in [0.717, 1.165) is 9.86 Å². The molecule has 3 aromatic heterocycles. The third-order valence-corrected chi connectivity index (χ3v) is 7.65. The second-order valence-electron chi connectivity index (χ2n) is 9.49. The van der Waals surface area contributed by atoms with Gasteiger partial charge >= 0.3 is 0 Å². The third kappa shape index (κ3) is 5.59. The Kier molecular flexibility index (Phi) is 8.55. The number of rotatable bonds is 11. The summed E-state index contributed by atoms with van der Waals surface area (Å²) < 4.78 is 40.7. The van der Waals surface area contributed by atoms with E-state index < -0.39 is 17.3 Å². The maximum Gasteiger partial charge on any atom is 0.217 e. The minimum absolute atomic E-state index is 0.0245. The Morgan fingerprint density at radius 1 is 0.929 bits per heavy atom. The number of ether oxygens (including phenoxy) is 4. The van der Waals surface area contributed by atoms with Crippen molar-refractivity contribution in [2.75, 3.05) is 28.4 Å². The predicted octanol–water partition coefficient (Wildman–Crippen LogP) is 5.27. The number of hydrogen-bond donors (Lipinski definition) is 1. The normalized spacial score (nSPS) is 13.4. The summed E-state index contributed by atoms with van der Waals surface area (Å²) >= 11 is 3.52. The summed E-state index contributed by atoms with van der Waals surface area (Å²) in [7, 11) is 5.81. The highest BCUT2D eigenvalue weighted by atomic mass is 79.9. The summed E-state index contributed by atoms with van der Waals surface area (Å²) in [6.45, 7) is 0.237. The zero-order valence-electron chi connectivity index (χ0n) is 23.4. The molecular formula is C30H29BrFN5O5. The molecule has 5 aromatic rings. The molecule has 0 amide bonds. The summed E-state index contributed by atoms with van der Waals surface area (Å²) in [6.07, 6.45) is 3.02. The second kappa shape index (κ2) is 12.3. The van der Waals surface area contributed by atoms with Gasteiger partial charge in [0, 0.05) is 46.1 Å². The molecule has 218 valence electrons. The van der Waals surface area contributed by atoms with Crippen LogP contribution in [0.5, 0.6) is 23.4 Å². The fourth-order valence-electron chi connectivity index (χ4n) is 5.14. The van der Waals surface area contributed by atoms with Gasteiger partial charge in [-0.3, -0.25) is 4.68 Å². The number of methoxy groups -OCH3 is 4. The lowest BCUT2D eigenvalue weighted by Crippen LogP contribution is -2.37. The van der Waals surface area contributed by atoms with Crippen LogP contribution in [0.3, 0.4) is 0 Å². The van der Waals surface area contributed by atoms with Gasteiger partial charge in [0.15, 0.2) is 11.6 Å². The first-order valence-corrected chi connectivity index (χ1v) is 13.7. The Hall–Kier alpha value is -4.29. The van der Waals surface area contributed by atoms with Gasteiger partial charge in [0.2, 0.25) is 17.6 Å². The number of aromatic nitrogens is 5. The van der Waals surface area contributed by atoms with E-state index >= 15 is 4.39 Å². The third-order valence-electron chi connectivity index (χ3n) is 7.16. The van der Waals surface area contributed by atoms with Crippen molar-refractivity contribution in [3.8, 4) is 23.4 Å². The number of aliphatic hydroxyl groups is 1. The van der Waals surface area contributed by atoms with Crippen LogP contribution in [0.4, 0.5) is 4.39 Å². The minimum atomic E-state index is -1.82. The monoisotopic (exact) mass is 637 g/mol. The first kappa shape index (κ1) is 29.2. The smallest absolute Gasteiger partial charge is 0.217 e. The molecule has 42 heavy (non-hydrogen) atoms. The summed E-state index contributed by atoms with van der Waals surface area (Å²) in [5.74, 6) is -1.03. The highest BCUT2D eigenvalue weighted by Crippen LogP contribution is 2.50. The fourth-order valence-corrected chi connectivity index (χ4v) is 5.51. The average Bonchev–Trinajstić information content (AvgIpc) is 3.54. The fraction of sp³-hybridized carbons (Fsp3) is 0.267. The van der Waals surface area contributed by atoms with Crippen LogP contribution in [-0.2, 0) is 12.1 Å². The molecule has 0 aliphatic rings. The first-order chi connectivity index (χ1) is 20.3. The van der Waals surface area contributed by atoms with Crippen molar-refractivity contribution in [2.45, 2.75) is 24.5 Å². The molecule has 2 aromatic carbocycles. The largest absolute Gasteiger partial charge is 0.494 e. The molecule has 0 radical (unpaired) electrons. The van der Waals surface area contributed by atoms with Crippen LogP contribution in [0.2, 0.25) is 0 Å². The molecule has 1 N–H and O–H groups in total. The average molecular weight is 638 g/mol. The van der Waals surface area contributed by atoms with Gasteiger partial charge < -0.3 is 24.1 Å². The Bertz CT molecular complexity index is 1680. The molecule has 0 saturated carbocycles. The Labute approximate surface area is 250 Å². The van der Waals surface area contributed by atoms with Crippen LogP contribution in [0, 0.1) is 5.82 Å². The van der Waals surface area contributed by atoms with E-state index in [1.807, 2.05) is 24.3 Å². The molecule has 12 heteroatoms. The van der Waals surface area contributed by atoms with Crippen molar-refractivity contribution < 1.29 is 28.4 Å². The number of benzene rings is 2. The summed E-state index contributed by atoms with van der Waals surface area (Å²) in [5, 5.41) is 18.0. The maximum atomic E-state index is 16.3. The molecular weight excluding hydrogens is 609 g/mol. The Morgan fingerprint density at radius 2 is 1.69 bits per heavy atom. The predicted molar refractivity (Wildman–Crippen MR) is 157 cm³/mol. The van der Waals surface area contributed by atoms with Crippen LogP contribution < -0.4 is 18.9 Å². The number of nitrogens with zero attached hydrogens (tertiary/aromatic N) is 5. The quantitative estimate of drug-likeness (QED) is 0.207. The Balaban J connectivity index is 1.85. The topological polar surface area (TPSA) is 114 Å². The van der Waals surface area contributed by atoms with Gasteiger partial charge in [0.1, 0.15) is 18.3 Å². The van der Waals surface area contributed by atoms with Crippen molar-refractivity contribution in [3.05, 3.63) is 94.2 Å². The molecule has 2 unspecified atom stereocenters. The van der Waals surface area contributed by atoms with E-state index in [-0.39, 0.29) is 41.9 Å². The van der Waals surface area contributed by atoms with E-state index in [1.54, 1.807) is 35.3 Å². The number of hydrogen-bond acceptors (Lipinski definition) is 9. The van der Waals surface area contributed by atoms with E-state index in [9.17, 15) is 5.11 Å². The number of halogens is 2. The lowest BCUT2D eigenvalue weighted by molar-refractivity contribution is 0.00306. The lowest BCUT2D eigenvalue weighted by atomic mass is 9.71. The molecule has 10 nitrogen and oxygen atoms in total. The number of pyridine rings is 2. The van der Waals surface area contributed by atoms with Crippen molar-refractivity contribution in [1.82, 2.24) is 24.7 Å². The van der Waals surface area contributed by atoms with Gasteiger partial charge in [-0.25, -0.2) is 14.4 Å². The molecule has 0 saturated heterocycles. The van der Waals surface area contributed by atoms with Gasteiger partial charge in [-0.05, 0) is 35.9 Å². The number of fused-ring (bicyclic) bond motifs is 1.